The summed E-state index contributed by atoms with van der Waals surface area (Å²) < 4.78 is 12.9. The van der Waals surface area contributed by atoms with Crippen molar-refractivity contribution in [1.29, 1.82) is 0 Å². The summed E-state index contributed by atoms with van der Waals surface area (Å²) in [5, 5.41) is 3.18. The second-order valence-electron chi connectivity index (χ2n) is 5.30. The molecule has 0 atom stereocenters. The molecule has 0 aliphatic carbocycles. The smallest absolute Gasteiger partial charge is 0.224 e. The third-order valence-corrected chi connectivity index (χ3v) is 3.67. The Hall–Kier alpha value is -2.95. The maximum absolute atomic E-state index is 12.9. The molecule has 1 heterocycles. The Morgan fingerprint density at radius 3 is 2.46 bits per heavy atom. The Kier molecular flexibility index (Phi) is 5.01. The highest BCUT2D eigenvalue weighted by Gasteiger charge is 2.09. The topological polar surface area (TPSA) is 41.1 Å². The summed E-state index contributed by atoms with van der Waals surface area (Å²) in [6.07, 6.45) is 1.74. The molecule has 0 radical (unpaired) electrons. The van der Waals surface area contributed by atoms with E-state index in [1.54, 1.807) is 18.3 Å². The van der Waals surface area contributed by atoms with Crippen LogP contribution in [-0.4, -0.2) is 16.5 Å². The zero-order chi connectivity index (χ0) is 16.8. The molecule has 3 rings (SSSR count). The molecule has 0 unspecified atom stereocenters. The number of hydrogen-bond donors (Lipinski definition) is 1. The number of para-hydroxylation sites is 1. The van der Waals surface area contributed by atoms with Crippen LogP contribution in [0.15, 0.2) is 66.9 Å². The van der Waals surface area contributed by atoms with Crippen LogP contribution in [-0.2, 0) is 6.54 Å². The molecule has 0 bridgehead atoms. The highest BCUT2D eigenvalue weighted by molar-refractivity contribution is 5.60. The Balaban J connectivity index is 1.74. The van der Waals surface area contributed by atoms with E-state index in [4.69, 9.17) is 0 Å². The van der Waals surface area contributed by atoms with E-state index in [9.17, 15) is 4.39 Å². The van der Waals surface area contributed by atoms with E-state index in [0.29, 0.717) is 12.5 Å². The van der Waals surface area contributed by atoms with Gasteiger partial charge in [0, 0.05) is 25.0 Å². The maximum Gasteiger partial charge on any atom is 0.224 e. The van der Waals surface area contributed by atoms with Crippen LogP contribution in [0.3, 0.4) is 0 Å². The predicted molar refractivity (Wildman–Crippen MR) is 94.9 cm³/mol. The Labute approximate surface area is 141 Å². The van der Waals surface area contributed by atoms with Gasteiger partial charge in [-0.25, -0.2) is 9.37 Å². The van der Waals surface area contributed by atoms with E-state index in [0.717, 1.165) is 23.6 Å². The fraction of sp³-hybridized carbons (Fsp3) is 0.158. The molecule has 0 aliphatic heterocycles. The van der Waals surface area contributed by atoms with Crippen LogP contribution in [0.5, 0.6) is 0 Å². The lowest BCUT2D eigenvalue weighted by atomic mass is 10.2. The third-order valence-electron chi connectivity index (χ3n) is 3.67. The lowest BCUT2D eigenvalue weighted by Crippen LogP contribution is -2.18. The summed E-state index contributed by atoms with van der Waals surface area (Å²) in [5.74, 6) is 1.14. The maximum atomic E-state index is 12.9. The summed E-state index contributed by atoms with van der Waals surface area (Å²) in [4.78, 5) is 11.0. The molecule has 0 fully saturated rings. The van der Waals surface area contributed by atoms with Crippen molar-refractivity contribution < 1.29 is 4.39 Å². The van der Waals surface area contributed by atoms with E-state index in [-0.39, 0.29) is 5.82 Å². The monoisotopic (exact) mass is 322 g/mol. The molecule has 0 saturated heterocycles. The minimum Gasteiger partial charge on any atom is -0.350 e. The van der Waals surface area contributed by atoms with Crippen LogP contribution in [0.1, 0.15) is 12.5 Å². The Morgan fingerprint density at radius 2 is 1.75 bits per heavy atom. The molecule has 2 aromatic carbocycles. The van der Waals surface area contributed by atoms with E-state index in [1.807, 2.05) is 24.3 Å². The molecule has 0 amide bonds. The number of rotatable bonds is 6. The van der Waals surface area contributed by atoms with Gasteiger partial charge in [0.1, 0.15) is 11.6 Å². The van der Waals surface area contributed by atoms with Gasteiger partial charge in [-0.15, -0.1) is 0 Å². The van der Waals surface area contributed by atoms with Crippen LogP contribution in [0.4, 0.5) is 21.8 Å². The van der Waals surface area contributed by atoms with Crippen LogP contribution < -0.4 is 10.2 Å². The van der Waals surface area contributed by atoms with E-state index >= 15 is 0 Å². The molecule has 4 nitrogen and oxygen atoms in total. The summed E-state index contributed by atoms with van der Waals surface area (Å²) >= 11 is 0. The second-order valence-corrected chi connectivity index (χ2v) is 5.30. The fourth-order valence-electron chi connectivity index (χ4n) is 2.45. The van der Waals surface area contributed by atoms with Gasteiger partial charge in [-0.05, 0) is 42.8 Å². The Morgan fingerprint density at radius 1 is 1.00 bits per heavy atom. The first-order valence-corrected chi connectivity index (χ1v) is 7.90. The van der Waals surface area contributed by atoms with E-state index in [2.05, 4.69) is 39.2 Å². The van der Waals surface area contributed by atoms with Gasteiger partial charge in [0.05, 0.1) is 0 Å². The third kappa shape index (κ3) is 3.87. The molecule has 0 aliphatic rings. The number of hydrogen-bond acceptors (Lipinski definition) is 4. The van der Waals surface area contributed by atoms with Crippen molar-refractivity contribution >= 4 is 17.5 Å². The van der Waals surface area contributed by atoms with Crippen molar-refractivity contribution in [2.45, 2.75) is 13.5 Å². The molecule has 3 aromatic rings. The number of benzene rings is 2. The number of anilines is 3. The van der Waals surface area contributed by atoms with Gasteiger partial charge in [-0.2, -0.15) is 4.98 Å². The highest BCUT2D eigenvalue weighted by Crippen LogP contribution is 2.23. The minimum atomic E-state index is -0.238. The number of nitrogens with zero attached hydrogens (tertiary/aromatic N) is 3. The number of halogens is 1. The van der Waals surface area contributed by atoms with Crippen LogP contribution >= 0.6 is 0 Å². The van der Waals surface area contributed by atoms with Crippen molar-refractivity contribution in [2.24, 2.45) is 0 Å². The first kappa shape index (κ1) is 15.9. The molecule has 1 N–H and O–H groups in total. The lowest BCUT2D eigenvalue weighted by molar-refractivity contribution is 0.627. The largest absolute Gasteiger partial charge is 0.350 e. The standard InChI is InChI=1S/C19H19FN4/c1-2-24(17-6-4-3-5-7-17)18-12-13-21-19(23-18)22-14-15-8-10-16(20)11-9-15/h3-13H,2,14H2,1H3,(H,21,22,23). The molecular weight excluding hydrogens is 303 g/mol. The fourth-order valence-corrected chi connectivity index (χ4v) is 2.45. The molecule has 0 spiro atoms. The second kappa shape index (κ2) is 7.55. The summed E-state index contributed by atoms with van der Waals surface area (Å²) in [6.45, 7) is 3.43. The highest BCUT2D eigenvalue weighted by atomic mass is 19.1. The van der Waals surface area contributed by atoms with Gasteiger partial charge >= 0.3 is 0 Å². The normalized spacial score (nSPS) is 10.4. The summed E-state index contributed by atoms with van der Waals surface area (Å²) in [7, 11) is 0. The summed E-state index contributed by atoms with van der Waals surface area (Å²) in [5.41, 5.74) is 2.06. The minimum absolute atomic E-state index is 0.238. The van der Waals surface area contributed by atoms with Gasteiger partial charge in [0.2, 0.25) is 5.95 Å². The zero-order valence-electron chi connectivity index (χ0n) is 13.5. The van der Waals surface area contributed by atoms with Crippen LogP contribution in [0.2, 0.25) is 0 Å². The van der Waals surface area contributed by atoms with Gasteiger partial charge < -0.3 is 10.2 Å². The molecule has 0 saturated carbocycles. The van der Waals surface area contributed by atoms with E-state index < -0.39 is 0 Å². The first-order valence-electron chi connectivity index (χ1n) is 7.90. The summed E-state index contributed by atoms with van der Waals surface area (Å²) in [6, 6.07) is 18.4. The first-order chi connectivity index (χ1) is 11.8. The van der Waals surface area contributed by atoms with Gasteiger partial charge in [0.15, 0.2) is 0 Å². The van der Waals surface area contributed by atoms with Gasteiger partial charge in [0.25, 0.3) is 0 Å². The molecule has 1 aromatic heterocycles. The van der Waals surface area contributed by atoms with Crippen LogP contribution in [0, 0.1) is 5.82 Å². The van der Waals surface area contributed by atoms with Gasteiger partial charge in [-0.1, -0.05) is 30.3 Å². The molecule has 24 heavy (non-hydrogen) atoms. The van der Waals surface area contributed by atoms with Gasteiger partial charge in [-0.3, -0.25) is 0 Å². The van der Waals surface area contributed by atoms with Crippen molar-refractivity contribution in [1.82, 2.24) is 9.97 Å². The van der Waals surface area contributed by atoms with Crippen molar-refractivity contribution in [2.75, 3.05) is 16.8 Å². The zero-order valence-corrected chi connectivity index (χ0v) is 13.5. The SMILES string of the molecule is CCN(c1ccccc1)c1ccnc(NCc2ccc(F)cc2)n1. The average molecular weight is 322 g/mol. The number of nitrogens with one attached hydrogen (secondary N) is 1. The Bertz CT molecular complexity index is 775. The average Bonchev–Trinajstić information content (AvgIpc) is 2.63. The molecular formula is C19H19FN4. The van der Waals surface area contributed by atoms with Crippen molar-refractivity contribution in [3.63, 3.8) is 0 Å². The molecule has 122 valence electrons. The van der Waals surface area contributed by atoms with E-state index in [1.165, 1.54) is 12.1 Å². The van der Waals surface area contributed by atoms with Crippen molar-refractivity contribution in [3.05, 3.63) is 78.2 Å². The lowest BCUT2D eigenvalue weighted by Gasteiger charge is -2.22. The van der Waals surface area contributed by atoms with Crippen LogP contribution in [0.25, 0.3) is 0 Å². The number of aromatic nitrogens is 2. The van der Waals surface area contributed by atoms with Crippen molar-refractivity contribution in [3.8, 4) is 0 Å². The molecule has 5 heteroatoms. The predicted octanol–water partition coefficient (Wildman–Crippen LogP) is 4.39. The quantitative estimate of drug-likeness (QED) is 0.731.